The first-order valence-corrected chi connectivity index (χ1v) is 8.92. The number of allylic oxidation sites excluding steroid dienone is 2. The second-order valence-electron chi connectivity index (χ2n) is 7.51. The monoisotopic (exact) mass is 366 g/mol. The molecule has 1 aromatic carbocycles. The molecule has 1 aliphatic carbocycles. The molecule has 3 aromatic rings. The van der Waals surface area contributed by atoms with Gasteiger partial charge in [-0.2, -0.15) is 0 Å². The Morgan fingerprint density at radius 3 is 2.54 bits per heavy atom. The van der Waals surface area contributed by atoms with Crippen LogP contribution in [-0.4, -0.2) is 20.3 Å². The molecule has 0 fully saturated rings. The van der Waals surface area contributed by atoms with Crippen molar-refractivity contribution in [1.82, 2.24) is 9.38 Å². The number of ketones is 1. The lowest BCUT2D eigenvalue weighted by molar-refractivity contribution is -0.116. The molecule has 0 spiro atoms. The van der Waals surface area contributed by atoms with Crippen LogP contribution < -0.4 is 0 Å². The van der Waals surface area contributed by atoms with Gasteiger partial charge in [0.2, 0.25) is 0 Å². The molecule has 1 aliphatic rings. The fourth-order valence-corrected chi connectivity index (χ4v) is 3.73. The zero-order valence-electron chi connectivity index (χ0n) is 14.7. The fraction of sp³-hybridized carbons (Fsp3) is 0.238. The van der Waals surface area contributed by atoms with Gasteiger partial charge in [-0.25, -0.2) is 4.98 Å². The number of aromatic nitrogens is 2. The number of benzene rings is 1. The zero-order chi connectivity index (χ0) is 18.5. The van der Waals surface area contributed by atoms with Crippen LogP contribution in [0.3, 0.4) is 0 Å². The van der Waals surface area contributed by atoms with Crippen molar-refractivity contribution in [2.24, 2.45) is 5.41 Å². The summed E-state index contributed by atoms with van der Waals surface area (Å²) in [5.74, 6) is 0.0757. The van der Waals surface area contributed by atoms with Crippen molar-refractivity contribution in [1.29, 1.82) is 0 Å². The van der Waals surface area contributed by atoms with Crippen LogP contribution in [0.2, 0.25) is 5.02 Å². The lowest BCUT2D eigenvalue weighted by atomic mass is 9.75. The third-order valence-electron chi connectivity index (χ3n) is 4.74. The number of nitrogens with zero attached hydrogens (tertiary/aromatic N) is 2. The third kappa shape index (κ3) is 2.80. The first-order valence-electron chi connectivity index (χ1n) is 8.54. The Morgan fingerprint density at radius 2 is 1.85 bits per heavy atom. The Balaban J connectivity index is 2.01. The van der Waals surface area contributed by atoms with Crippen molar-refractivity contribution in [3.8, 4) is 11.3 Å². The second kappa shape index (κ2) is 5.99. The molecular weight excluding hydrogens is 348 g/mol. The van der Waals surface area contributed by atoms with Crippen molar-refractivity contribution in [2.45, 2.75) is 26.7 Å². The number of aliphatic hydroxyl groups excluding tert-OH is 1. The van der Waals surface area contributed by atoms with Gasteiger partial charge >= 0.3 is 0 Å². The number of carbonyl (C=O) groups excluding carboxylic acids is 1. The number of Topliss-reactive ketones (excluding diaryl/α,β-unsaturated/α-hetero) is 1. The number of hydrogen-bond acceptors (Lipinski definition) is 3. The topological polar surface area (TPSA) is 54.6 Å². The van der Waals surface area contributed by atoms with E-state index >= 15 is 0 Å². The highest BCUT2D eigenvalue weighted by Gasteiger charge is 2.36. The van der Waals surface area contributed by atoms with E-state index in [-0.39, 0.29) is 17.0 Å². The number of imidazole rings is 1. The van der Waals surface area contributed by atoms with E-state index in [1.165, 1.54) is 0 Å². The smallest absolute Gasteiger partial charge is 0.168 e. The number of pyridine rings is 1. The van der Waals surface area contributed by atoms with Gasteiger partial charge < -0.3 is 5.11 Å². The molecule has 1 N–H and O–H groups in total. The molecule has 0 saturated carbocycles. The molecule has 5 heteroatoms. The van der Waals surface area contributed by atoms with Gasteiger partial charge in [0.25, 0.3) is 0 Å². The predicted molar refractivity (Wildman–Crippen MR) is 103 cm³/mol. The van der Waals surface area contributed by atoms with E-state index in [9.17, 15) is 9.90 Å². The lowest BCUT2D eigenvalue weighted by Crippen LogP contribution is -2.25. The first-order chi connectivity index (χ1) is 12.4. The highest BCUT2D eigenvalue weighted by atomic mass is 35.5. The van der Waals surface area contributed by atoms with Gasteiger partial charge in [0.1, 0.15) is 11.4 Å². The molecule has 0 radical (unpaired) electrons. The van der Waals surface area contributed by atoms with Crippen LogP contribution in [0.4, 0.5) is 0 Å². The van der Waals surface area contributed by atoms with Crippen LogP contribution in [0.1, 0.15) is 32.4 Å². The Labute approximate surface area is 156 Å². The molecule has 2 heterocycles. The number of hydrogen-bond donors (Lipinski definition) is 1. The lowest BCUT2D eigenvalue weighted by Gasteiger charge is -2.29. The molecule has 0 unspecified atom stereocenters. The van der Waals surface area contributed by atoms with Crippen molar-refractivity contribution in [2.75, 3.05) is 0 Å². The Kier molecular flexibility index (Phi) is 3.88. The van der Waals surface area contributed by atoms with Gasteiger partial charge in [0, 0.05) is 29.6 Å². The summed E-state index contributed by atoms with van der Waals surface area (Å²) in [6.45, 7) is 3.99. The van der Waals surface area contributed by atoms with Gasteiger partial charge in [-0.05, 0) is 29.7 Å². The average Bonchev–Trinajstić information content (AvgIpc) is 2.93. The molecule has 4 nitrogen and oxygen atoms in total. The van der Waals surface area contributed by atoms with E-state index in [4.69, 9.17) is 16.6 Å². The number of fused-ring (bicyclic) bond motifs is 1. The van der Waals surface area contributed by atoms with Gasteiger partial charge in [0.15, 0.2) is 5.78 Å². The third-order valence-corrected chi connectivity index (χ3v) is 4.99. The number of carbonyl (C=O) groups is 1. The van der Waals surface area contributed by atoms with Crippen molar-refractivity contribution >= 4 is 28.6 Å². The molecule has 0 aliphatic heterocycles. The van der Waals surface area contributed by atoms with Crippen LogP contribution in [0.15, 0.2) is 54.4 Å². The van der Waals surface area contributed by atoms with Crippen molar-refractivity contribution in [3.05, 3.63) is 65.1 Å². The Hall–Kier alpha value is -2.59. The summed E-state index contributed by atoms with van der Waals surface area (Å²) in [5, 5.41) is 11.4. The van der Waals surface area contributed by atoms with E-state index in [0.717, 1.165) is 11.2 Å². The average molecular weight is 367 g/mol. The summed E-state index contributed by atoms with van der Waals surface area (Å²) in [4.78, 5) is 17.6. The minimum Gasteiger partial charge on any atom is -0.511 e. The molecule has 0 saturated heterocycles. The second-order valence-corrected chi connectivity index (χ2v) is 7.94. The highest BCUT2D eigenvalue weighted by Crippen LogP contribution is 2.42. The van der Waals surface area contributed by atoms with E-state index in [0.29, 0.717) is 34.8 Å². The number of halogens is 1. The van der Waals surface area contributed by atoms with E-state index < -0.39 is 0 Å². The molecule has 132 valence electrons. The predicted octanol–water partition coefficient (Wildman–Crippen LogP) is 5.31. The number of rotatable bonds is 2. The minimum absolute atomic E-state index is 0.0559. The molecule has 0 bridgehead atoms. The molecule has 0 amide bonds. The highest BCUT2D eigenvalue weighted by molar-refractivity contribution is 6.30. The Morgan fingerprint density at radius 1 is 1.12 bits per heavy atom. The normalized spacial score (nSPS) is 17.1. The van der Waals surface area contributed by atoms with Gasteiger partial charge in [0.05, 0.1) is 17.0 Å². The van der Waals surface area contributed by atoms with Crippen LogP contribution in [0.5, 0.6) is 0 Å². The van der Waals surface area contributed by atoms with Crippen LogP contribution in [0.25, 0.3) is 22.5 Å². The molecule has 0 atom stereocenters. The fourth-order valence-electron chi connectivity index (χ4n) is 3.60. The summed E-state index contributed by atoms with van der Waals surface area (Å²) in [6.07, 6.45) is 2.73. The zero-order valence-corrected chi connectivity index (χ0v) is 15.4. The standard InChI is InChI=1S/C21H19ClN2O2/c1-21(2)11-15(25)18(16(26)12-21)20-19(13-6-8-14(22)9-7-13)23-17-5-3-4-10-24(17)20/h3-10,25H,11-12H2,1-2H3. The summed E-state index contributed by atoms with van der Waals surface area (Å²) < 4.78 is 1.87. The maximum atomic E-state index is 12.9. The summed E-state index contributed by atoms with van der Waals surface area (Å²) >= 11 is 6.01. The summed E-state index contributed by atoms with van der Waals surface area (Å²) in [7, 11) is 0. The van der Waals surface area contributed by atoms with Crippen LogP contribution in [0, 0.1) is 5.41 Å². The molecule has 26 heavy (non-hydrogen) atoms. The maximum absolute atomic E-state index is 12.9. The summed E-state index contributed by atoms with van der Waals surface area (Å²) in [6, 6.07) is 13.0. The summed E-state index contributed by atoms with van der Waals surface area (Å²) in [5.41, 5.74) is 3.01. The Bertz CT molecular complexity index is 1050. The van der Waals surface area contributed by atoms with E-state index in [1.54, 1.807) is 12.1 Å². The number of aliphatic hydroxyl groups is 1. The molecular formula is C21H19ClN2O2. The van der Waals surface area contributed by atoms with Crippen LogP contribution >= 0.6 is 11.6 Å². The quantitative estimate of drug-likeness (QED) is 0.668. The van der Waals surface area contributed by atoms with E-state index in [2.05, 4.69) is 0 Å². The SMILES string of the molecule is CC1(C)CC(=O)C(c2c(-c3ccc(Cl)cc3)nc3ccccn23)=C(O)C1. The van der Waals surface area contributed by atoms with Crippen molar-refractivity contribution < 1.29 is 9.90 Å². The van der Waals surface area contributed by atoms with E-state index in [1.807, 2.05) is 54.8 Å². The first kappa shape index (κ1) is 16.9. The molecule has 4 rings (SSSR count). The van der Waals surface area contributed by atoms with Gasteiger partial charge in [-0.15, -0.1) is 0 Å². The largest absolute Gasteiger partial charge is 0.511 e. The maximum Gasteiger partial charge on any atom is 0.168 e. The molecule has 2 aromatic heterocycles. The minimum atomic E-state index is -0.244. The van der Waals surface area contributed by atoms with Crippen LogP contribution in [-0.2, 0) is 4.79 Å². The van der Waals surface area contributed by atoms with Gasteiger partial charge in [-0.1, -0.05) is 43.6 Å². The van der Waals surface area contributed by atoms with Crippen molar-refractivity contribution in [3.63, 3.8) is 0 Å². The van der Waals surface area contributed by atoms with Gasteiger partial charge in [-0.3, -0.25) is 9.20 Å².